The molecule has 176 valence electrons. The van der Waals surface area contributed by atoms with Crippen LogP contribution in [0.25, 0.3) is 22.0 Å². The molecule has 0 spiro atoms. The Kier molecular flexibility index (Phi) is 6.58. The lowest BCUT2D eigenvalue weighted by atomic mass is 9.99. The van der Waals surface area contributed by atoms with E-state index in [2.05, 4.69) is 4.98 Å². The number of fused-ring (bicyclic) bond motifs is 1. The van der Waals surface area contributed by atoms with Gasteiger partial charge in [-0.15, -0.1) is 0 Å². The number of nitrogens with two attached hydrogens (primary N) is 1. The number of para-hydroxylation sites is 1. The molecule has 0 unspecified atom stereocenters. The van der Waals surface area contributed by atoms with Gasteiger partial charge in [0.2, 0.25) is 0 Å². The van der Waals surface area contributed by atoms with Crippen molar-refractivity contribution >= 4 is 20.7 Å². The number of hydrogen-bond acceptors (Lipinski definition) is 5. The van der Waals surface area contributed by atoms with E-state index in [0.717, 1.165) is 6.07 Å². The van der Waals surface area contributed by atoms with Crippen molar-refractivity contribution in [1.29, 1.82) is 0 Å². The Morgan fingerprint density at radius 3 is 2.35 bits per heavy atom. The first kappa shape index (κ1) is 23.7. The Labute approximate surface area is 194 Å². The maximum atomic E-state index is 13.4. The standard InChI is InChI=1S/C25H21F3N2O3S/c26-25(27,28)23-10-3-9-22-21(11-13-30-24(22)23)17-5-1-6-18(15-17)33-19-7-2-8-20(16-19)34(31,32)14-4-12-29/h1-3,5-11,13,15-16H,4,12,14,29H2. The maximum Gasteiger partial charge on any atom is 0.418 e. The molecule has 0 aliphatic carbocycles. The highest BCUT2D eigenvalue weighted by atomic mass is 32.2. The second-order valence-corrected chi connectivity index (χ2v) is 9.73. The average molecular weight is 487 g/mol. The van der Waals surface area contributed by atoms with Gasteiger partial charge in [0.15, 0.2) is 9.84 Å². The van der Waals surface area contributed by atoms with E-state index < -0.39 is 21.6 Å². The molecule has 0 radical (unpaired) electrons. The zero-order valence-electron chi connectivity index (χ0n) is 17.9. The second kappa shape index (κ2) is 9.44. The van der Waals surface area contributed by atoms with Crippen LogP contribution in [0.15, 0.2) is 83.9 Å². The number of ether oxygens (including phenoxy) is 1. The van der Waals surface area contributed by atoms with Crippen LogP contribution in [0.5, 0.6) is 11.5 Å². The third-order valence-electron chi connectivity index (χ3n) is 5.24. The van der Waals surface area contributed by atoms with Gasteiger partial charge >= 0.3 is 6.18 Å². The van der Waals surface area contributed by atoms with Gasteiger partial charge in [0.1, 0.15) is 11.5 Å². The van der Waals surface area contributed by atoms with Gasteiger partial charge in [-0.1, -0.05) is 30.3 Å². The Bertz CT molecular complexity index is 1440. The monoisotopic (exact) mass is 486 g/mol. The quantitative estimate of drug-likeness (QED) is 0.355. The predicted octanol–water partition coefficient (Wildman–Crippen LogP) is 5.84. The van der Waals surface area contributed by atoms with E-state index in [1.54, 1.807) is 48.5 Å². The number of halogens is 3. The van der Waals surface area contributed by atoms with Crippen molar-refractivity contribution < 1.29 is 26.3 Å². The molecule has 0 saturated heterocycles. The molecule has 4 rings (SSSR count). The number of alkyl halides is 3. The fourth-order valence-corrected chi connectivity index (χ4v) is 5.01. The molecular formula is C25H21F3N2O3S. The van der Waals surface area contributed by atoms with Crippen LogP contribution in [-0.2, 0) is 16.0 Å². The largest absolute Gasteiger partial charge is 0.457 e. The topological polar surface area (TPSA) is 82.3 Å². The molecule has 2 N–H and O–H groups in total. The van der Waals surface area contributed by atoms with Crippen molar-refractivity contribution in [2.24, 2.45) is 5.73 Å². The first-order valence-corrected chi connectivity index (χ1v) is 12.1. The molecular weight excluding hydrogens is 465 g/mol. The molecule has 0 aliphatic heterocycles. The Morgan fingerprint density at radius 1 is 0.912 bits per heavy atom. The van der Waals surface area contributed by atoms with Crippen LogP contribution < -0.4 is 10.5 Å². The van der Waals surface area contributed by atoms with Gasteiger partial charge in [0, 0.05) is 11.6 Å². The summed E-state index contributed by atoms with van der Waals surface area (Å²) < 4.78 is 71.1. The minimum atomic E-state index is -4.52. The smallest absolute Gasteiger partial charge is 0.418 e. The summed E-state index contributed by atoms with van der Waals surface area (Å²) in [6, 6.07) is 18.6. The molecule has 0 atom stereocenters. The van der Waals surface area contributed by atoms with E-state index in [1.807, 2.05) is 0 Å². The van der Waals surface area contributed by atoms with Crippen molar-refractivity contribution in [1.82, 2.24) is 4.98 Å². The van der Waals surface area contributed by atoms with E-state index in [4.69, 9.17) is 10.5 Å². The minimum absolute atomic E-state index is 0.0581. The van der Waals surface area contributed by atoms with Crippen LogP contribution in [-0.4, -0.2) is 25.7 Å². The van der Waals surface area contributed by atoms with Gasteiger partial charge in [-0.05, 0) is 66.6 Å². The van der Waals surface area contributed by atoms with Crippen LogP contribution in [0.1, 0.15) is 12.0 Å². The lowest BCUT2D eigenvalue weighted by Crippen LogP contribution is -2.11. The van der Waals surface area contributed by atoms with E-state index in [9.17, 15) is 21.6 Å². The van der Waals surface area contributed by atoms with Crippen LogP contribution in [0.2, 0.25) is 0 Å². The van der Waals surface area contributed by atoms with Crippen LogP contribution in [0.3, 0.4) is 0 Å². The molecule has 34 heavy (non-hydrogen) atoms. The lowest BCUT2D eigenvalue weighted by molar-refractivity contribution is -0.136. The summed E-state index contributed by atoms with van der Waals surface area (Å²) in [5.41, 5.74) is 5.70. The molecule has 4 aromatic rings. The number of pyridine rings is 1. The summed E-state index contributed by atoms with van der Waals surface area (Å²) in [6.45, 7) is 0.274. The fraction of sp³-hybridized carbons (Fsp3) is 0.160. The first-order chi connectivity index (χ1) is 16.2. The number of aromatic nitrogens is 1. The Morgan fingerprint density at radius 2 is 1.62 bits per heavy atom. The second-order valence-electron chi connectivity index (χ2n) is 7.62. The third-order valence-corrected chi connectivity index (χ3v) is 7.04. The molecule has 5 nitrogen and oxygen atoms in total. The minimum Gasteiger partial charge on any atom is -0.457 e. The number of hydrogen-bond donors (Lipinski definition) is 1. The summed E-state index contributed by atoms with van der Waals surface area (Å²) in [5.74, 6) is 0.674. The summed E-state index contributed by atoms with van der Waals surface area (Å²) in [4.78, 5) is 4.10. The summed E-state index contributed by atoms with van der Waals surface area (Å²) in [6.07, 6.45) is -2.83. The summed E-state index contributed by atoms with van der Waals surface area (Å²) in [5, 5.41) is 0.363. The number of sulfone groups is 1. The normalized spacial score (nSPS) is 12.1. The van der Waals surface area contributed by atoms with E-state index in [-0.39, 0.29) is 22.7 Å². The molecule has 1 heterocycles. The molecule has 9 heteroatoms. The number of rotatable bonds is 7. The van der Waals surface area contributed by atoms with Crippen LogP contribution >= 0.6 is 0 Å². The molecule has 0 fully saturated rings. The Balaban J connectivity index is 1.68. The zero-order chi connectivity index (χ0) is 24.3. The zero-order valence-corrected chi connectivity index (χ0v) is 18.7. The van der Waals surface area contributed by atoms with E-state index in [1.165, 1.54) is 24.4 Å². The van der Waals surface area contributed by atoms with Gasteiger partial charge < -0.3 is 10.5 Å². The van der Waals surface area contributed by atoms with Crippen molar-refractivity contribution in [2.45, 2.75) is 17.5 Å². The van der Waals surface area contributed by atoms with Crippen molar-refractivity contribution in [3.8, 4) is 22.6 Å². The van der Waals surface area contributed by atoms with Gasteiger partial charge in [0.25, 0.3) is 0 Å². The molecule has 0 saturated carbocycles. The Hall–Kier alpha value is -3.43. The van der Waals surface area contributed by atoms with E-state index in [0.29, 0.717) is 34.4 Å². The summed E-state index contributed by atoms with van der Waals surface area (Å²) in [7, 11) is -3.49. The summed E-state index contributed by atoms with van der Waals surface area (Å²) >= 11 is 0. The van der Waals surface area contributed by atoms with Gasteiger partial charge in [-0.25, -0.2) is 8.42 Å². The molecule has 3 aromatic carbocycles. The van der Waals surface area contributed by atoms with Gasteiger partial charge in [0.05, 0.1) is 21.7 Å². The van der Waals surface area contributed by atoms with Crippen molar-refractivity contribution in [2.75, 3.05) is 12.3 Å². The molecule has 0 bridgehead atoms. The van der Waals surface area contributed by atoms with Crippen LogP contribution in [0.4, 0.5) is 13.2 Å². The first-order valence-electron chi connectivity index (χ1n) is 10.5. The highest BCUT2D eigenvalue weighted by Crippen LogP contribution is 2.37. The SMILES string of the molecule is NCCCS(=O)(=O)c1cccc(Oc2cccc(-c3ccnc4c(C(F)(F)F)cccc34)c2)c1. The molecule has 1 aromatic heterocycles. The van der Waals surface area contributed by atoms with Gasteiger partial charge in [-0.3, -0.25) is 4.98 Å². The third kappa shape index (κ3) is 5.05. The molecule has 0 amide bonds. The predicted molar refractivity (Wildman–Crippen MR) is 124 cm³/mol. The van der Waals surface area contributed by atoms with E-state index >= 15 is 0 Å². The fourth-order valence-electron chi connectivity index (χ4n) is 3.64. The van der Waals surface area contributed by atoms with Crippen LogP contribution in [0, 0.1) is 0 Å². The highest BCUT2D eigenvalue weighted by molar-refractivity contribution is 7.91. The number of nitrogens with zero attached hydrogens (tertiary/aromatic N) is 1. The van der Waals surface area contributed by atoms with Crippen molar-refractivity contribution in [3.63, 3.8) is 0 Å². The lowest BCUT2D eigenvalue weighted by Gasteiger charge is -2.13. The van der Waals surface area contributed by atoms with Crippen molar-refractivity contribution in [3.05, 3.63) is 84.6 Å². The molecule has 0 aliphatic rings. The maximum absolute atomic E-state index is 13.4. The van der Waals surface area contributed by atoms with Gasteiger partial charge in [-0.2, -0.15) is 13.2 Å². The highest BCUT2D eigenvalue weighted by Gasteiger charge is 2.33. The number of benzene rings is 3. The average Bonchev–Trinajstić information content (AvgIpc) is 2.82.